The van der Waals surface area contributed by atoms with Crippen molar-refractivity contribution in [2.45, 2.75) is 39.7 Å². The van der Waals surface area contributed by atoms with Crippen LogP contribution in [0.3, 0.4) is 0 Å². The molecule has 5 heteroatoms. The highest BCUT2D eigenvalue weighted by molar-refractivity contribution is 5.83. The van der Waals surface area contributed by atoms with Crippen LogP contribution in [-0.2, 0) is 9.63 Å². The lowest BCUT2D eigenvalue weighted by atomic mass is 9.99. The first-order valence-electron chi connectivity index (χ1n) is 8.25. The molecule has 0 saturated carbocycles. The summed E-state index contributed by atoms with van der Waals surface area (Å²) < 4.78 is 5.71. The Morgan fingerprint density at radius 1 is 1.35 bits per heavy atom. The molecule has 0 bridgehead atoms. The first-order chi connectivity index (χ1) is 11.1. The number of hydrogen-bond acceptors (Lipinski definition) is 4. The van der Waals surface area contributed by atoms with Gasteiger partial charge in [0.25, 0.3) is 5.91 Å². The van der Waals surface area contributed by atoms with Crippen LogP contribution in [-0.4, -0.2) is 42.8 Å². The Bertz CT molecular complexity index is 535. The predicted octanol–water partition coefficient (Wildman–Crippen LogP) is 3.08. The second-order valence-electron chi connectivity index (χ2n) is 6.28. The second kappa shape index (κ2) is 8.56. The van der Waals surface area contributed by atoms with Crippen LogP contribution in [0.2, 0.25) is 0 Å². The standard InChI is InChI=1S/C18H26N2O3/c1-14(2)23-17-7-5-4-6-16(17)12-19-22-13-18(21)20-10-8-15(3)9-11-20/h4-7,12,14-15H,8-11,13H2,1-3H3. The van der Waals surface area contributed by atoms with Crippen LogP contribution in [0, 0.1) is 5.92 Å². The van der Waals surface area contributed by atoms with E-state index in [4.69, 9.17) is 9.57 Å². The monoisotopic (exact) mass is 318 g/mol. The molecule has 1 fully saturated rings. The second-order valence-corrected chi connectivity index (χ2v) is 6.28. The molecule has 5 nitrogen and oxygen atoms in total. The first kappa shape index (κ1) is 17.3. The van der Waals surface area contributed by atoms with Crippen molar-refractivity contribution in [3.05, 3.63) is 29.8 Å². The van der Waals surface area contributed by atoms with Gasteiger partial charge < -0.3 is 14.5 Å². The minimum atomic E-state index is -0.0158. The summed E-state index contributed by atoms with van der Waals surface area (Å²) in [6.07, 6.45) is 3.81. The van der Waals surface area contributed by atoms with Gasteiger partial charge in [-0.2, -0.15) is 0 Å². The number of piperidine rings is 1. The van der Waals surface area contributed by atoms with Crippen molar-refractivity contribution < 1.29 is 14.4 Å². The van der Waals surface area contributed by atoms with E-state index in [1.807, 2.05) is 43.0 Å². The highest BCUT2D eigenvalue weighted by Gasteiger charge is 2.20. The van der Waals surface area contributed by atoms with E-state index in [0.29, 0.717) is 5.92 Å². The molecule has 1 saturated heterocycles. The molecule has 1 aliphatic rings. The molecule has 1 aromatic rings. The van der Waals surface area contributed by atoms with E-state index >= 15 is 0 Å². The highest BCUT2D eigenvalue weighted by atomic mass is 16.6. The van der Waals surface area contributed by atoms with E-state index in [-0.39, 0.29) is 18.6 Å². The van der Waals surface area contributed by atoms with Gasteiger partial charge in [0.1, 0.15) is 5.75 Å². The largest absolute Gasteiger partial charge is 0.490 e. The fourth-order valence-corrected chi connectivity index (χ4v) is 2.48. The number of oxime groups is 1. The lowest BCUT2D eigenvalue weighted by Crippen LogP contribution is -2.39. The van der Waals surface area contributed by atoms with Crippen molar-refractivity contribution in [3.63, 3.8) is 0 Å². The number of hydrogen-bond donors (Lipinski definition) is 0. The van der Waals surface area contributed by atoms with Crippen molar-refractivity contribution >= 4 is 12.1 Å². The van der Waals surface area contributed by atoms with E-state index in [1.54, 1.807) is 6.21 Å². The number of para-hydroxylation sites is 1. The molecule has 23 heavy (non-hydrogen) atoms. The molecule has 0 aromatic heterocycles. The number of amides is 1. The smallest absolute Gasteiger partial charge is 0.263 e. The Morgan fingerprint density at radius 3 is 2.74 bits per heavy atom. The van der Waals surface area contributed by atoms with Crippen LogP contribution in [0.25, 0.3) is 0 Å². The topological polar surface area (TPSA) is 51.1 Å². The summed E-state index contributed by atoms with van der Waals surface area (Å²) in [5.74, 6) is 1.46. The molecule has 2 rings (SSSR count). The van der Waals surface area contributed by atoms with Gasteiger partial charge in [-0.05, 0) is 44.7 Å². The summed E-state index contributed by atoms with van der Waals surface area (Å²) >= 11 is 0. The van der Waals surface area contributed by atoms with Crippen molar-refractivity contribution in [2.24, 2.45) is 11.1 Å². The van der Waals surface area contributed by atoms with Crippen LogP contribution in [0.15, 0.2) is 29.4 Å². The Hall–Kier alpha value is -2.04. The lowest BCUT2D eigenvalue weighted by molar-refractivity contribution is -0.137. The van der Waals surface area contributed by atoms with E-state index in [9.17, 15) is 4.79 Å². The average Bonchev–Trinajstić information content (AvgIpc) is 2.53. The van der Waals surface area contributed by atoms with Gasteiger partial charge in [-0.15, -0.1) is 0 Å². The Kier molecular flexibility index (Phi) is 6.44. The first-order valence-corrected chi connectivity index (χ1v) is 8.25. The third kappa shape index (κ3) is 5.58. The number of likely N-dealkylation sites (tertiary alicyclic amines) is 1. The Labute approximate surface area is 138 Å². The normalized spacial score (nSPS) is 16.1. The van der Waals surface area contributed by atoms with Crippen LogP contribution < -0.4 is 4.74 Å². The van der Waals surface area contributed by atoms with E-state index in [1.165, 1.54) is 0 Å². The third-order valence-corrected chi connectivity index (χ3v) is 3.87. The molecular weight excluding hydrogens is 292 g/mol. The highest BCUT2D eigenvalue weighted by Crippen LogP contribution is 2.18. The minimum Gasteiger partial charge on any atom is -0.490 e. The van der Waals surface area contributed by atoms with Gasteiger partial charge in [-0.1, -0.05) is 24.2 Å². The van der Waals surface area contributed by atoms with Gasteiger partial charge >= 0.3 is 0 Å². The summed E-state index contributed by atoms with van der Waals surface area (Å²) in [6, 6.07) is 7.62. The third-order valence-electron chi connectivity index (χ3n) is 3.87. The Morgan fingerprint density at radius 2 is 2.04 bits per heavy atom. The number of carbonyl (C=O) groups is 1. The van der Waals surface area contributed by atoms with Crippen molar-refractivity contribution in [1.29, 1.82) is 0 Å². The van der Waals surface area contributed by atoms with Crippen LogP contribution in [0.5, 0.6) is 5.75 Å². The van der Waals surface area contributed by atoms with Gasteiger partial charge in [0, 0.05) is 18.7 Å². The van der Waals surface area contributed by atoms with Gasteiger partial charge in [-0.25, -0.2) is 0 Å². The lowest BCUT2D eigenvalue weighted by Gasteiger charge is -2.29. The van der Waals surface area contributed by atoms with Crippen molar-refractivity contribution in [1.82, 2.24) is 4.90 Å². The molecule has 1 amide bonds. The summed E-state index contributed by atoms with van der Waals surface area (Å²) in [5, 5.41) is 3.91. The summed E-state index contributed by atoms with van der Waals surface area (Å²) in [6.45, 7) is 7.79. The maximum absolute atomic E-state index is 12.0. The zero-order valence-electron chi connectivity index (χ0n) is 14.2. The van der Waals surface area contributed by atoms with Gasteiger partial charge in [0.2, 0.25) is 0 Å². The zero-order valence-corrected chi connectivity index (χ0v) is 14.2. The molecule has 0 atom stereocenters. The number of rotatable bonds is 6. The molecule has 0 radical (unpaired) electrons. The number of carbonyl (C=O) groups excluding carboxylic acids is 1. The molecule has 0 N–H and O–H groups in total. The SMILES string of the molecule is CC1CCN(C(=O)CON=Cc2ccccc2OC(C)C)CC1. The van der Waals surface area contributed by atoms with Crippen molar-refractivity contribution in [2.75, 3.05) is 19.7 Å². The maximum atomic E-state index is 12.0. The molecule has 1 aromatic carbocycles. The average molecular weight is 318 g/mol. The van der Waals surface area contributed by atoms with E-state index < -0.39 is 0 Å². The molecular formula is C18H26N2O3. The number of benzene rings is 1. The quantitative estimate of drug-likeness (QED) is 0.598. The summed E-state index contributed by atoms with van der Waals surface area (Å²) in [7, 11) is 0. The molecule has 0 aliphatic carbocycles. The number of nitrogens with zero attached hydrogens (tertiary/aromatic N) is 2. The number of ether oxygens (including phenoxy) is 1. The molecule has 1 aliphatic heterocycles. The van der Waals surface area contributed by atoms with Crippen molar-refractivity contribution in [3.8, 4) is 5.75 Å². The van der Waals surface area contributed by atoms with Crippen LogP contribution in [0.4, 0.5) is 0 Å². The van der Waals surface area contributed by atoms with Gasteiger partial charge in [0.15, 0.2) is 6.61 Å². The van der Waals surface area contributed by atoms with Gasteiger partial charge in [-0.3, -0.25) is 4.79 Å². The summed E-state index contributed by atoms with van der Waals surface area (Å²) in [5.41, 5.74) is 0.834. The summed E-state index contributed by atoms with van der Waals surface area (Å²) in [4.78, 5) is 19.0. The fourth-order valence-electron chi connectivity index (χ4n) is 2.48. The van der Waals surface area contributed by atoms with Gasteiger partial charge in [0.05, 0.1) is 12.3 Å². The molecule has 0 spiro atoms. The maximum Gasteiger partial charge on any atom is 0.263 e. The zero-order chi connectivity index (χ0) is 16.7. The molecule has 1 heterocycles. The Balaban J connectivity index is 1.82. The minimum absolute atomic E-state index is 0.000709. The van der Waals surface area contributed by atoms with E-state index in [2.05, 4.69) is 12.1 Å². The molecule has 0 unspecified atom stereocenters. The van der Waals surface area contributed by atoms with Crippen LogP contribution in [0.1, 0.15) is 39.2 Å². The molecule has 126 valence electrons. The van der Waals surface area contributed by atoms with E-state index in [0.717, 1.165) is 37.2 Å². The predicted molar refractivity (Wildman–Crippen MR) is 90.7 cm³/mol. The van der Waals surface area contributed by atoms with Crippen LogP contribution >= 0.6 is 0 Å². The fraction of sp³-hybridized carbons (Fsp3) is 0.556.